The van der Waals surface area contributed by atoms with Gasteiger partial charge in [0.05, 0.1) is 0 Å². The lowest BCUT2D eigenvalue weighted by Crippen LogP contribution is -2.54. The van der Waals surface area contributed by atoms with Gasteiger partial charge in [-0.2, -0.15) is 0 Å². The number of nitrogens with one attached hydrogen (secondary N) is 3. The highest BCUT2D eigenvalue weighted by molar-refractivity contribution is 6.10. The summed E-state index contributed by atoms with van der Waals surface area (Å²) in [5, 5.41) is 8.43. The molecule has 29 heavy (non-hydrogen) atoms. The standard InChI is InChI=1S/C21H26N4O4/c1-13-5-2-3-10-21(13)19(28)25(20(29)24-21)12-17(26)22-16-7-4-6-14(11-16)18(27)23-15-8-9-15/h4,6-7,11,13,15H,2-3,5,8-10,12H2,1H3,(H,22,26)(H,23,27)(H,24,29). The second kappa shape index (κ2) is 7.50. The molecule has 8 nitrogen and oxygen atoms in total. The molecule has 0 radical (unpaired) electrons. The van der Waals surface area contributed by atoms with Crippen molar-refractivity contribution in [3.8, 4) is 0 Å². The Morgan fingerprint density at radius 3 is 2.72 bits per heavy atom. The molecule has 8 heteroatoms. The van der Waals surface area contributed by atoms with Crippen LogP contribution in [0.1, 0.15) is 55.8 Å². The number of amides is 5. The van der Waals surface area contributed by atoms with E-state index in [0.29, 0.717) is 17.7 Å². The molecule has 3 aliphatic rings. The molecule has 2 unspecified atom stereocenters. The van der Waals surface area contributed by atoms with Gasteiger partial charge in [0, 0.05) is 17.3 Å². The van der Waals surface area contributed by atoms with E-state index in [2.05, 4.69) is 16.0 Å². The summed E-state index contributed by atoms with van der Waals surface area (Å²) in [5.41, 5.74) is 0.0297. The van der Waals surface area contributed by atoms with Gasteiger partial charge in [-0.1, -0.05) is 25.8 Å². The van der Waals surface area contributed by atoms with Crippen LogP contribution in [-0.2, 0) is 9.59 Å². The summed E-state index contributed by atoms with van der Waals surface area (Å²) < 4.78 is 0. The summed E-state index contributed by atoms with van der Waals surface area (Å²) >= 11 is 0. The Hall–Kier alpha value is -2.90. The first-order valence-corrected chi connectivity index (χ1v) is 10.2. The van der Waals surface area contributed by atoms with Crippen molar-refractivity contribution in [3.05, 3.63) is 29.8 Å². The van der Waals surface area contributed by atoms with E-state index in [0.717, 1.165) is 37.0 Å². The van der Waals surface area contributed by atoms with Crippen molar-refractivity contribution in [2.24, 2.45) is 5.92 Å². The van der Waals surface area contributed by atoms with Crippen LogP contribution in [0.2, 0.25) is 0 Å². The third kappa shape index (κ3) is 3.83. The van der Waals surface area contributed by atoms with Crippen LogP contribution in [0.3, 0.4) is 0 Å². The molecule has 1 heterocycles. The van der Waals surface area contributed by atoms with Gasteiger partial charge in [0.25, 0.3) is 11.8 Å². The lowest BCUT2D eigenvalue weighted by atomic mass is 9.73. The normalized spacial score (nSPS) is 26.4. The number of carbonyl (C=O) groups is 4. The fourth-order valence-corrected chi connectivity index (χ4v) is 4.22. The van der Waals surface area contributed by atoms with Gasteiger partial charge in [0.2, 0.25) is 5.91 Å². The molecular weight excluding hydrogens is 372 g/mol. The molecule has 4 rings (SSSR count). The number of anilines is 1. The molecule has 1 saturated heterocycles. The minimum Gasteiger partial charge on any atom is -0.349 e. The molecule has 1 aromatic carbocycles. The van der Waals surface area contributed by atoms with Gasteiger partial charge in [0.15, 0.2) is 0 Å². The summed E-state index contributed by atoms with van der Waals surface area (Å²) in [4.78, 5) is 51.0. The van der Waals surface area contributed by atoms with Crippen LogP contribution < -0.4 is 16.0 Å². The molecule has 5 amide bonds. The van der Waals surface area contributed by atoms with Gasteiger partial charge in [-0.15, -0.1) is 0 Å². The lowest BCUT2D eigenvalue weighted by Gasteiger charge is -2.36. The first kappa shape index (κ1) is 19.4. The SMILES string of the molecule is CC1CCCCC12NC(=O)N(CC(=O)Nc1cccc(C(=O)NC3CC3)c1)C2=O. The number of urea groups is 1. The Balaban J connectivity index is 1.40. The first-order chi connectivity index (χ1) is 13.9. The second-order valence-corrected chi connectivity index (χ2v) is 8.32. The number of rotatable bonds is 5. The third-order valence-corrected chi connectivity index (χ3v) is 6.12. The van der Waals surface area contributed by atoms with Crippen LogP contribution in [0.5, 0.6) is 0 Å². The average molecular weight is 398 g/mol. The third-order valence-electron chi connectivity index (χ3n) is 6.12. The van der Waals surface area contributed by atoms with E-state index in [1.165, 1.54) is 0 Å². The molecule has 1 spiro atoms. The van der Waals surface area contributed by atoms with Crippen LogP contribution in [-0.4, -0.2) is 46.8 Å². The molecular formula is C21H26N4O4. The van der Waals surface area contributed by atoms with E-state index in [9.17, 15) is 19.2 Å². The summed E-state index contributed by atoms with van der Waals surface area (Å²) in [7, 11) is 0. The summed E-state index contributed by atoms with van der Waals surface area (Å²) in [6, 6.07) is 6.35. The number of benzene rings is 1. The molecule has 0 bridgehead atoms. The molecule has 154 valence electrons. The monoisotopic (exact) mass is 398 g/mol. The van der Waals surface area contributed by atoms with Crippen molar-refractivity contribution in [1.29, 1.82) is 0 Å². The van der Waals surface area contributed by atoms with Gasteiger partial charge in [0.1, 0.15) is 12.1 Å². The van der Waals surface area contributed by atoms with Crippen molar-refractivity contribution >= 4 is 29.4 Å². The molecule has 1 aliphatic heterocycles. The first-order valence-electron chi connectivity index (χ1n) is 10.2. The zero-order chi connectivity index (χ0) is 20.6. The summed E-state index contributed by atoms with van der Waals surface area (Å²) in [6.45, 7) is 1.62. The summed E-state index contributed by atoms with van der Waals surface area (Å²) in [6.07, 6.45) is 5.39. The van der Waals surface area contributed by atoms with Gasteiger partial charge in [-0.05, 0) is 49.8 Å². The van der Waals surface area contributed by atoms with Crippen molar-refractivity contribution in [1.82, 2.24) is 15.5 Å². The van der Waals surface area contributed by atoms with E-state index < -0.39 is 17.5 Å². The van der Waals surface area contributed by atoms with E-state index in [4.69, 9.17) is 0 Å². The number of nitrogens with zero attached hydrogens (tertiary/aromatic N) is 1. The fraction of sp³-hybridized carbons (Fsp3) is 0.524. The Kier molecular flexibility index (Phi) is 5.02. The molecule has 2 atom stereocenters. The summed E-state index contributed by atoms with van der Waals surface area (Å²) in [5.74, 6) is -0.926. The van der Waals surface area contributed by atoms with Crippen molar-refractivity contribution in [2.75, 3.05) is 11.9 Å². The minimum absolute atomic E-state index is 0.0439. The molecule has 0 aromatic heterocycles. The number of imide groups is 1. The van der Waals surface area contributed by atoms with Gasteiger partial charge in [-0.3, -0.25) is 19.3 Å². The van der Waals surface area contributed by atoms with E-state index in [-0.39, 0.29) is 30.3 Å². The largest absolute Gasteiger partial charge is 0.349 e. The zero-order valence-corrected chi connectivity index (χ0v) is 16.5. The van der Waals surface area contributed by atoms with Gasteiger partial charge >= 0.3 is 6.03 Å². The predicted molar refractivity (Wildman–Crippen MR) is 106 cm³/mol. The Labute approximate surface area is 169 Å². The highest BCUT2D eigenvalue weighted by Gasteiger charge is 2.55. The lowest BCUT2D eigenvalue weighted by molar-refractivity contribution is -0.136. The van der Waals surface area contributed by atoms with Crippen LogP contribution in [0.15, 0.2) is 24.3 Å². The van der Waals surface area contributed by atoms with E-state index >= 15 is 0 Å². The average Bonchev–Trinajstić information content (AvgIpc) is 3.47. The molecule has 2 saturated carbocycles. The van der Waals surface area contributed by atoms with E-state index in [1.54, 1.807) is 24.3 Å². The quantitative estimate of drug-likeness (QED) is 0.660. The maximum atomic E-state index is 13.0. The molecule has 3 fully saturated rings. The van der Waals surface area contributed by atoms with Gasteiger partial charge in [-0.25, -0.2) is 4.79 Å². The van der Waals surface area contributed by atoms with Crippen LogP contribution >= 0.6 is 0 Å². The number of hydrogen-bond donors (Lipinski definition) is 3. The Bertz CT molecular complexity index is 866. The smallest absolute Gasteiger partial charge is 0.325 e. The Morgan fingerprint density at radius 2 is 2.00 bits per heavy atom. The van der Waals surface area contributed by atoms with Crippen molar-refractivity contribution < 1.29 is 19.2 Å². The predicted octanol–water partition coefficient (Wildman–Crippen LogP) is 2.02. The number of hydrogen-bond acceptors (Lipinski definition) is 4. The molecule has 2 aliphatic carbocycles. The highest BCUT2D eigenvalue weighted by Crippen LogP contribution is 2.38. The van der Waals surface area contributed by atoms with Gasteiger partial charge < -0.3 is 16.0 Å². The maximum absolute atomic E-state index is 13.0. The zero-order valence-electron chi connectivity index (χ0n) is 16.5. The van der Waals surface area contributed by atoms with E-state index in [1.807, 2.05) is 6.92 Å². The fourth-order valence-electron chi connectivity index (χ4n) is 4.22. The van der Waals surface area contributed by atoms with Crippen molar-refractivity contribution in [2.45, 2.75) is 57.0 Å². The van der Waals surface area contributed by atoms with Crippen molar-refractivity contribution in [3.63, 3.8) is 0 Å². The highest BCUT2D eigenvalue weighted by atomic mass is 16.2. The molecule has 1 aromatic rings. The van der Waals surface area contributed by atoms with Crippen LogP contribution in [0.25, 0.3) is 0 Å². The van der Waals surface area contributed by atoms with Crippen LogP contribution in [0, 0.1) is 5.92 Å². The van der Waals surface area contributed by atoms with Crippen LogP contribution in [0.4, 0.5) is 10.5 Å². The topological polar surface area (TPSA) is 108 Å². The minimum atomic E-state index is -0.879. The number of carbonyl (C=O) groups excluding carboxylic acids is 4. The maximum Gasteiger partial charge on any atom is 0.325 e. The Morgan fingerprint density at radius 1 is 1.21 bits per heavy atom. The molecule has 3 N–H and O–H groups in total. The second-order valence-electron chi connectivity index (χ2n) is 8.32.